The molecule has 1 aliphatic heterocycles. The molecule has 1 aromatic heterocycles. The van der Waals surface area contributed by atoms with Crippen LogP contribution < -0.4 is 16.2 Å². The molecule has 0 radical (unpaired) electrons. The van der Waals surface area contributed by atoms with E-state index in [0.29, 0.717) is 17.5 Å². The highest BCUT2D eigenvalue weighted by Crippen LogP contribution is 2.36. The number of anilines is 1. The van der Waals surface area contributed by atoms with Crippen molar-refractivity contribution in [2.75, 3.05) is 18.1 Å². The number of rotatable bonds is 7. The zero-order valence-electron chi connectivity index (χ0n) is 21.0. The fourth-order valence-corrected chi connectivity index (χ4v) is 4.58. The molecular formula is C29H24F3N3O5. The molecular weight excluding hydrogens is 527 g/mol. The van der Waals surface area contributed by atoms with Crippen LogP contribution in [0.2, 0.25) is 0 Å². The first-order valence-electron chi connectivity index (χ1n) is 12.4. The van der Waals surface area contributed by atoms with E-state index in [4.69, 9.17) is 15.2 Å². The molecule has 3 N–H and O–H groups in total. The van der Waals surface area contributed by atoms with Gasteiger partial charge in [0.2, 0.25) is 0 Å². The second-order valence-corrected chi connectivity index (χ2v) is 9.37. The maximum Gasteiger partial charge on any atom is 0.417 e. The molecule has 11 heteroatoms. The second kappa shape index (κ2) is 10.9. The Labute approximate surface area is 226 Å². The first-order chi connectivity index (χ1) is 19.1. The Bertz CT molecular complexity index is 1620. The summed E-state index contributed by atoms with van der Waals surface area (Å²) in [5.41, 5.74) is 5.56. The van der Waals surface area contributed by atoms with E-state index in [1.165, 1.54) is 35.2 Å². The number of halogens is 3. The van der Waals surface area contributed by atoms with E-state index < -0.39 is 41.5 Å². The molecule has 0 aliphatic carbocycles. The van der Waals surface area contributed by atoms with Gasteiger partial charge in [-0.2, -0.15) is 13.2 Å². The first kappa shape index (κ1) is 26.9. The smallest absolute Gasteiger partial charge is 0.417 e. The lowest BCUT2D eigenvalue weighted by Crippen LogP contribution is -2.36. The third kappa shape index (κ3) is 5.69. The average Bonchev–Trinajstić information content (AvgIpc) is 3.31. The predicted molar refractivity (Wildman–Crippen MR) is 142 cm³/mol. The molecule has 0 unspecified atom stereocenters. The number of esters is 1. The number of hydrogen-bond acceptors (Lipinski definition) is 6. The third-order valence-electron chi connectivity index (χ3n) is 6.55. The van der Waals surface area contributed by atoms with Crippen molar-refractivity contribution in [1.82, 2.24) is 4.98 Å². The predicted octanol–water partition coefficient (Wildman–Crippen LogP) is 4.65. The number of pyridine rings is 1. The molecule has 206 valence electrons. The monoisotopic (exact) mass is 551 g/mol. The molecule has 3 aromatic carbocycles. The summed E-state index contributed by atoms with van der Waals surface area (Å²) in [6.07, 6.45) is -5.75. The summed E-state index contributed by atoms with van der Waals surface area (Å²) in [6.45, 7) is -0.139. The molecule has 1 fully saturated rings. The van der Waals surface area contributed by atoms with Crippen LogP contribution in [0.5, 0.6) is 0 Å². The van der Waals surface area contributed by atoms with Crippen molar-refractivity contribution in [2.45, 2.75) is 24.7 Å². The number of hydrogen-bond donors (Lipinski definition) is 2. The fraction of sp³-hybridized carbons (Fsp3) is 0.207. The van der Waals surface area contributed by atoms with Crippen LogP contribution in [0.4, 0.5) is 23.7 Å². The van der Waals surface area contributed by atoms with Crippen LogP contribution >= 0.6 is 0 Å². The minimum absolute atomic E-state index is 0.0195. The summed E-state index contributed by atoms with van der Waals surface area (Å²) in [6, 6.07) is 19.3. The number of aromatic amines is 1. The largest absolute Gasteiger partial charge is 0.460 e. The summed E-state index contributed by atoms with van der Waals surface area (Å²) in [5, 5.41) is 0.574. The highest BCUT2D eigenvalue weighted by Gasteiger charge is 2.35. The topological polar surface area (TPSA) is 115 Å². The maximum absolute atomic E-state index is 13.5. The Morgan fingerprint density at radius 1 is 1.05 bits per heavy atom. The van der Waals surface area contributed by atoms with Gasteiger partial charge >= 0.3 is 18.2 Å². The molecule has 5 rings (SSSR count). The molecule has 1 saturated heterocycles. The van der Waals surface area contributed by atoms with E-state index in [1.807, 2.05) is 30.3 Å². The van der Waals surface area contributed by atoms with Crippen LogP contribution in [0.1, 0.15) is 11.1 Å². The Kier molecular flexibility index (Phi) is 7.31. The summed E-state index contributed by atoms with van der Waals surface area (Å²) < 4.78 is 51.1. The van der Waals surface area contributed by atoms with Gasteiger partial charge in [-0.1, -0.05) is 54.6 Å². The number of nitrogens with zero attached hydrogens (tertiary/aromatic N) is 1. The molecule has 40 heavy (non-hydrogen) atoms. The molecule has 1 amide bonds. The van der Waals surface area contributed by atoms with E-state index in [9.17, 15) is 27.6 Å². The van der Waals surface area contributed by atoms with Crippen molar-refractivity contribution in [1.29, 1.82) is 0 Å². The van der Waals surface area contributed by atoms with Crippen molar-refractivity contribution in [3.05, 3.63) is 100 Å². The Morgan fingerprint density at radius 2 is 1.77 bits per heavy atom. The Hall–Kier alpha value is -4.64. The molecule has 1 aliphatic rings. The highest BCUT2D eigenvalue weighted by molar-refractivity contribution is 5.95. The van der Waals surface area contributed by atoms with Gasteiger partial charge in [-0.05, 0) is 41.6 Å². The zero-order chi connectivity index (χ0) is 28.4. The number of carbonyl (C=O) groups is 2. The fourth-order valence-electron chi connectivity index (χ4n) is 4.58. The average molecular weight is 552 g/mol. The number of nitrogens with one attached hydrogen (secondary N) is 1. The van der Waals surface area contributed by atoms with Gasteiger partial charge < -0.3 is 20.2 Å². The second-order valence-electron chi connectivity index (χ2n) is 9.37. The van der Waals surface area contributed by atoms with Crippen molar-refractivity contribution in [2.24, 2.45) is 5.73 Å². The van der Waals surface area contributed by atoms with Crippen LogP contribution in [0.15, 0.2) is 83.7 Å². The van der Waals surface area contributed by atoms with Crippen molar-refractivity contribution in [3.63, 3.8) is 0 Å². The van der Waals surface area contributed by atoms with E-state index in [0.717, 1.165) is 11.6 Å². The summed E-state index contributed by atoms with van der Waals surface area (Å²) >= 11 is 0. The Morgan fingerprint density at radius 3 is 2.52 bits per heavy atom. The van der Waals surface area contributed by atoms with Crippen LogP contribution in [-0.4, -0.2) is 42.3 Å². The normalized spacial score (nSPS) is 16.1. The van der Waals surface area contributed by atoms with E-state index >= 15 is 0 Å². The van der Waals surface area contributed by atoms with E-state index in [1.54, 1.807) is 12.1 Å². The van der Waals surface area contributed by atoms with Gasteiger partial charge in [0.05, 0.1) is 12.1 Å². The number of aromatic nitrogens is 1. The lowest BCUT2D eigenvalue weighted by Gasteiger charge is -2.15. The number of fused-ring (bicyclic) bond motifs is 1. The number of carbonyl (C=O) groups excluding carboxylic acids is 2. The molecule has 0 spiro atoms. The summed E-state index contributed by atoms with van der Waals surface area (Å²) in [4.78, 5) is 41.5. The first-order valence-corrected chi connectivity index (χ1v) is 12.4. The zero-order valence-corrected chi connectivity index (χ0v) is 21.0. The summed E-state index contributed by atoms with van der Waals surface area (Å²) in [5.74, 6) is -0.626. The van der Waals surface area contributed by atoms with Gasteiger partial charge in [0.1, 0.15) is 12.6 Å². The van der Waals surface area contributed by atoms with E-state index in [-0.39, 0.29) is 29.8 Å². The molecule has 4 aromatic rings. The Balaban J connectivity index is 1.29. The standard InChI is InChI=1S/C29H24F3N3O5/c30-29(31,32)23-9-5-4-8-21(23)25-13-18-10-11-19(14-22(18)26(36)34-25)35-15-20(40-28(35)38)16-39-27(37)24(33)12-17-6-2-1-3-7-17/h1-11,13-14,20,24H,12,15-16,33H2,(H,34,36)/t20-,24+/m1/s1. The van der Waals surface area contributed by atoms with Crippen LogP contribution in [0, 0.1) is 0 Å². The van der Waals surface area contributed by atoms with Gasteiger partial charge in [-0.25, -0.2) is 4.79 Å². The van der Waals surface area contributed by atoms with Gasteiger partial charge in [-0.3, -0.25) is 14.5 Å². The number of nitrogens with two attached hydrogens (primary N) is 1. The van der Waals surface area contributed by atoms with Gasteiger partial charge in [-0.15, -0.1) is 0 Å². The molecule has 0 saturated carbocycles. The van der Waals surface area contributed by atoms with Crippen LogP contribution in [0.3, 0.4) is 0 Å². The minimum atomic E-state index is -4.60. The number of H-pyrrole nitrogens is 1. The van der Waals surface area contributed by atoms with Crippen molar-refractivity contribution in [3.8, 4) is 11.3 Å². The quantitative estimate of drug-likeness (QED) is 0.323. The number of cyclic esters (lactones) is 1. The van der Waals surface area contributed by atoms with Crippen molar-refractivity contribution < 1.29 is 32.2 Å². The van der Waals surface area contributed by atoms with Gasteiger partial charge in [0.15, 0.2) is 6.10 Å². The van der Waals surface area contributed by atoms with E-state index in [2.05, 4.69) is 4.98 Å². The molecule has 0 bridgehead atoms. The van der Waals surface area contributed by atoms with Gasteiger partial charge in [0, 0.05) is 22.3 Å². The molecule has 2 heterocycles. The van der Waals surface area contributed by atoms with Crippen LogP contribution in [0.25, 0.3) is 22.0 Å². The third-order valence-corrected chi connectivity index (χ3v) is 6.55. The lowest BCUT2D eigenvalue weighted by atomic mass is 10.0. The van der Waals surface area contributed by atoms with Crippen molar-refractivity contribution >= 4 is 28.5 Å². The number of ether oxygens (including phenoxy) is 2. The lowest BCUT2D eigenvalue weighted by molar-refractivity contribution is -0.147. The van der Waals surface area contributed by atoms with Crippen LogP contribution in [-0.2, 0) is 26.9 Å². The molecule has 8 nitrogen and oxygen atoms in total. The number of benzene rings is 3. The van der Waals surface area contributed by atoms with Gasteiger partial charge in [0.25, 0.3) is 5.56 Å². The summed E-state index contributed by atoms with van der Waals surface area (Å²) in [7, 11) is 0. The minimum Gasteiger partial charge on any atom is -0.460 e. The molecule has 2 atom stereocenters. The number of amides is 1. The SMILES string of the molecule is N[C@@H](Cc1ccccc1)C(=O)OC[C@H]1CN(c2ccc3cc(-c4ccccc4C(F)(F)F)[nH]c(=O)c3c2)C(=O)O1. The maximum atomic E-state index is 13.5. The highest BCUT2D eigenvalue weighted by atomic mass is 19.4. The number of alkyl halides is 3.